The molecule has 0 atom stereocenters. The van der Waals surface area contributed by atoms with Gasteiger partial charge in [-0.1, -0.05) is 29.3 Å². The van der Waals surface area contributed by atoms with E-state index >= 15 is 0 Å². The van der Waals surface area contributed by atoms with Crippen molar-refractivity contribution in [1.29, 1.82) is 0 Å². The molecule has 2 N–H and O–H groups in total. The van der Waals surface area contributed by atoms with Crippen LogP contribution in [0, 0.1) is 0 Å². The average Bonchev–Trinajstić information content (AvgIpc) is 2.21. The molecule has 1 rings (SSSR count). The molecule has 0 fully saturated rings. The van der Waals surface area contributed by atoms with E-state index in [-0.39, 0.29) is 17.9 Å². The molecule has 0 saturated heterocycles. The van der Waals surface area contributed by atoms with Gasteiger partial charge in [-0.3, -0.25) is 4.79 Å². The van der Waals surface area contributed by atoms with E-state index in [1.54, 1.807) is 18.2 Å². The van der Waals surface area contributed by atoms with Gasteiger partial charge in [-0.2, -0.15) is 0 Å². The number of amides is 1. The first-order valence-electron chi connectivity index (χ1n) is 4.73. The van der Waals surface area contributed by atoms with Crippen molar-refractivity contribution >= 4 is 38.9 Å². The topological polar surface area (TPSA) is 77.2 Å². The summed E-state index contributed by atoms with van der Waals surface area (Å²) in [4.78, 5) is 10.5. The maximum Gasteiger partial charge on any atom is 0.218 e. The Morgan fingerprint density at radius 1 is 1.24 bits per heavy atom. The minimum atomic E-state index is -3.44. The fraction of sp³-hybridized carbons (Fsp3) is 0.300. The number of hydrogen-bond donors (Lipinski definition) is 1. The highest BCUT2D eigenvalue weighted by atomic mass is 35.5. The molecular weight excluding hydrogens is 285 g/mol. The third-order valence-corrected chi connectivity index (χ3v) is 4.35. The predicted molar refractivity (Wildman–Crippen MR) is 67.8 cm³/mol. The second kappa shape index (κ2) is 5.71. The van der Waals surface area contributed by atoms with Crippen LogP contribution in [-0.4, -0.2) is 20.1 Å². The van der Waals surface area contributed by atoms with Gasteiger partial charge in [0, 0.05) is 22.0 Å². The molecule has 0 spiro atoms. The Bertz CT molecular complexity index is 508. The summed E-state index contributed by atoms with van der Waals surface area (Å²) in [6.07, 6.45) is -0.204. The Morgan fingerprint density at radius 3 is 2.24 bits per heavy atom. The fourth-order valence-corrected chi connectivity index (χ4v) is 3.32. The van der Waals surface area contributed by atoms with Gasteiger partial charge in [0.05, 0.1) is 11.5 Å². The minimum Gasteiger partial charge on any atom is -0.370 e. The van der Waals surface area contributed by atoms with E-state index in [0.717, 1.165) is 0 Å². The summed E-state index contributed by atoms with van der Waals surface area (Å²) in [6, 6.07) is 4.75. The maximum atomic E-state index is 11.7. The molecule has 0 radical (unpaired) electrons. The first-order valence-corrected chi connectivity index (χ1v) is 7.31. The van der Waals surface area contributed by atoms with Crippen LogP contribution in [0.1, 0.15) is 12.0 Å². The highest BCUT2D eigenvalue weighted by Gasteiger charge is 2.17. The molecular formula is C10H11Cl2NO3S. The molecule has 1 aromatic rings. The van der Waals surface area contributed by atoms with Crippen molar-refractivity contribution in [2.75, 3.05) is 5.75 Å². The number of halogens is 2. The van der Waals surface area contributed by atoms with E-state index in [9.17, 15) is 13.2 Å². The van der Waals surface area contributed by atoms with Gasteiger partial charge in [0.25, 0.3) is 0 Å². The molecule has 1 aromatic carbocycles. The van der Waals surface area contributed by atoms with Gasteiger partial charge in [0.2, 0.25) is 5.91 Å². The second-order valence-corrected chi connectivity index (χ2v) is 6.51. The Kier molecular flexibility index (Phi) is 4.80. The van der Waals surface area contributed by atoms with Crippen LogP contribution in [0.25, 0.3) is 0 Å². The van der Waals surface area contributed by atoms with Crippen molar-refractivity contribution in [2.24, 2.45) is 5.73 Å². The first kappa shape index (κ1) is 14.3. The lowest BCUT2D eigenvalue weighted by molar-refractivity contribution is -0.117. The molecule has 0 aliphatic rings. The zero-order chi connectivity index (χ0) is 13.1. The minimum absolute atomic E-state index is 0.204. The highest BCUT2D eigenvalue weighted by Crippen LogP contribution is 2.26. The van der Waals surface area contributed by atoms with E-state index in [1.165, 1.54) is 0 Å². The normalized spacial score (nSPS) is 11.4. The summed E-state index contributed by atoms with van der Waals surface area (Å²) in [5, 5.41) is 0.584. The zero-order valence-electron chi connectivity index (χ0n) is 8.82. The Morgan fingerprint density at radius 2 is 1.76 bits per heavy atom. The van der Waals surface area contributed by atoms with Crippen LogP contribution in [0.3, 0.4) is 0 Å². The van der Waals surface area contributed by atoms with Crippen LogP contribution in [0.4, 0.5) is 0 Å². The quantitative estimate of drug-likeness (QED) is 0.899. The van der Waals surface area contributed by atoms with Gasteiger partial charge >= 0.3 is 0 Å². The monoisotopic (exact) mass is 295 g/mol. The molecule has 0 saturated carbocycles. The number of sulfone groups is 1. The second-order valence-electron chi connectivity index (χ2n) is 3.51. The molecule has 0 heterocycles. The number of nitrogens with two attached hydrogens (primary N) is 1. The van der Waals surface area contributed by atoms with Crippen molar-refractivity contribution in [3.63, 3.8) is 0 Å². The van der Waals surface area contributed by atoms with Crippen molar-refractivity contribution in [3.8, 4) is 0 Å². The average molecular weight is 296 g/mol. The summed E-state index contributed by atoms with van der Waals surface area (Å²) >= 11 is 11.7. The van der Waals surface area contributed by atoms with E-state index in [2.05, 4.69) is 0 Å². The van der Waals surface area contributed by atoms with Crippen molar-refractivity contribution in [2.45, 2.75) is 12.2 Å². The molecule has 7 heteroatoms. The van der Waals surface area contributed by atoms with Crippen LogP contribution in [0.2, 0.25) is 10.0 Å². The molecule has 17 heavy (non-hydrogen) atoms. The maximum absolute atomic E-state index is 11.7. The number of primary amides is 1. The number of rotatable bonds is 5. The molecule has 1 amide bonds. The van der Waals surface area contributed by atoms with Gasteiger partial charge in [-0.05, 0) is 12.1 Å². The highest BCUT2D eigenvalue weighted by molar-refractivity contribution is 7.90. The largest absolute Gasteiger partial charge is 0.370 e. The van der Waals surface area contributed by atoms with Crippen LogP contribution in [0.5, 0.6) is 0 Å². The van der Waals surface area contributed by atoms with Crippen LogP contribution >= 0.6 is 23.2 Å². The fourth-order valence-electron chi connectivity index (χ4n) is 1.22. The molecule has 0 unspecified atom stereocenters. The number of carbonyl (C=O) groups excluding carboxylic acids is 1. The smallest absolute Gasteiger partial charge is 0.218 e. The Labute approximate surface area is 110 Å². The molecule has 0 aliphatic carbocycles. The zero-order valence-corrected chi connectivity index (χ0v) is 11.1. The first-order chi connectivity index (χ1) is 7.82. The lowest BCUT2D eigenvalue weighted by atomic mass is 10.2. The van der Waals surface area contributed by atoms with Crippen LogP contribution in [0.15, 0.2) is 18.2 Å². The van der Waals surface area contributed by atoms with E-state index in [4.69, 9.17) is 28.9 Å². The van der Waals surface area contributed by atoms with Gasteiger partial charge in [0.1, 0.15) is 0 Å². The Balaban J connectivity index is 2.87. The molecule has 4 nitrogen and oxygen atoms in total. The molecule has 94 valence electrons. The van der Waals surface area contributed by atoms with Gasteiger partial charge in [-0.15, -0.1) is 0 Å². The standard InChI is InChI=1S/C10H11Cl2NO3S/c11-8-2-1-3-9(12)7(8)6-17(15,16)5-4-10(13)14/h1-3H,4-6H2,(H2,13,14). The summed E-state index contributed by atoms with van der Waals surface area (Å²) in [5.41, 5.74) is 5.24. The number of hydrogen-bond acceptors (Lipinski definition) is 3. The van der Waals surface area contributed by atoms with E-state index in [1.807, 2.05) is 0 Å². The third kappa shape index (κ3) is 4.53. The van der Waals surface area contributed by atoms with Crippen molar-refractivity contribution < 1.29 is 13.2 Å². The Hall–Kier alpha value is -0.780. The summed E-state index contributed by atoms with van der Waals surface area (Å²) in [7, 11) is -3.44. The van der Waals surface area contributed by atoms with E-state index in [0.29, 0.717) is 15.6 Å². The number of benzene rings is 1. The molecule has 0 bridgehead atoms. The lowest BCUT2D eigenvalue weighted by Crippen LogP contribution is -2.18. The summed E-state index contributed by atoms with van der Waals surface area (Å²) in [5.74, 6) is -1.25. The molecule has 0 aliphatic heterocycles. The van der Waals surface area contributed by atoms with Gasteiger partial charge in [0.15, 0.2) is 9.84 Å². The van der Waals surface area contributed by atoms with E-state index < -0.39 is 15.7 Å². The number of carbonyl (C=O) groups is 1. The predicted octanol–water partition coefficient (Wildman–Crippen LogP) is 1.78. The SMILES string of the molecule is NC(=O)CCS(=O)(=O)Cc1c(Cl)cccc1Cl. The summed E-state index contributed by atoms with van der Waals surface area (Å²) in [6.45, 7) is 0. The molecule has 0 aromatic heterocycles. The summed E-state index contributed by atoms with van der Waals surface area (Å²) < 4.78 is 23.4. The van der Waals surface area contributed by atoms with Gasteiger partial charge < -0.3 is 5.73 Å². The van der Waals surface area contributed by atoms with Crippen LogP contribution in [-0.2, 0) is 20.4 Å². The van der Waals surface area contributed by atoms with Crippen LogP contribution < -0.4 is 5.73 Å². The van der Waals surface area contributed by atoms with Gasteiger partial charge in [-0.25, -0.2) is 8.42 Å². The van der Waals surface area contributed by atoms with Crippen molar-refractivity contribution in [1.82, 2.24) is 0 Å². The third-order valence-electron chi connectivity index (χ3n) is 2.09. The van der Waals surface area contributed by atoms with Crippen molar-refractivity contribution in [3.05, 3.63) is 33.8 Å². The lowest BCUT2D eigenvalue weighted by Gasteiger charge is -2.07.